The molecule has 4 rings (SSSR count). The highest BCUT2D eigenvalue weighted by Gasteiger charge is 2.33. The lowest BCUT2D eigenvalue weighted by Crippen LogP contribution is -2.46. The molecule has 0 radical (unpaired) electrons. The van der Waals surface area contributed by atoms with Crippen molar-refractivity contribution in [2.45, 2.75) is 69.9 Å². The Morgan fingerprint density at radius 3 is 2.89 bits per heavy atom. The Hall–Kier alpha value is -0.820. The van der Waals surface area contributed by atoms with Gasteiger partial charge in [0.05, 0.1) is 0 Å². The predicted octanol–water partition coefficient (Wildman–Crippen LogP) is 3.64. The van der Waals surface area contributed by atoms with Gasteiger partial charge in [0.2, 0.25) is 0 Å². The third-order valence-electron chi connectivity index (χ3n) is 5.64. The zero-order valence-electron chi connectivity index (χ0n) is 11.8. The molecule has 1 heterocycles. The fraction of sp³-hybridized carbons (Fsp3) is 0.667. The van der Waals surface area contributed by atoms with Crippen LogP contribution in [0, 0.1) is 5.92 Å². The number of hydrogen-bond acceptors (Lipinski definition) is 1. The summed E-state index contributed by atoms with van der Waals surface area (Å²) in [6.45, 7) is 0. The fourth-order valence-electron chi connectivity index (χ4n) is 4.60. The van der Waals surface area contributed by atoms with Crippen molar-refractivity contribution in [3.05, 3.63) is 34.9 Å². The standard InChI is InChI=1S/C18H25N/c1-3-14-8-7-13(11-16(14)5-1)12-17-10-9-15-4-2-6-18(15)19-17/h7-8,11,15,17-19H,1-6,9-10,12H2. The van der Waals surface area contributed by atoms with Crippen molar-refractivity contribution in [2.24, 2.45) is 5.92 Å². The second-order valence-electron chi connectivity index (χ2n) is 6.90. The van der Waals surface area contributed by atoms with Crippen LogP contribution in [0.2, 0.25) is 0 Å². The van der Waals surface area contributed by atoms with E-state index in [4.69, 9.17) is 0 Å². The van der Waals surface area contributed by atoms with Crippen LogP contribution in [0.5, 0.6) is 0 Å². The third kappa shape index (κ3) is 2.33. The number of hydrogen-bond donors (Lipinski definition) is 1. The first-order chi connectivity index (χ1) is 9.38. The zero-order chi connectivity index (χ0) is 12.7. The van der Waals surface area contributed by atoms with E-state index in [0.29, 0.717) is 0 Å². The minimum absolute atomic E-state index is 0.735. The van der Waals surface area contributed by atoms with E-state index in [2.05, 4.69) is 23.5 Å². The third-order valence-corrected chi connectivity index (χ3v) is 5.64. The van der Waals surface area contributed by atoms with Gasteiger partial charge in [0, 0.05) is 12.1 Å². The Morgan fingerprint density at radius 1 is 0.947 bits per heavy atom. The molecule has 1 saturated carbocycles. The Morgan fingerprint density at radius 2 is 1.89 bits per heavy atom. The molecule has 1 saturated heterocycles. The Kier molecular flexibility index (Phi) is 3.11. The van der Waals surface area contributed by atoms with Gasteiger partial charge in [-0.05, 0) is 74.0 Å². The number of benzene rings is 1. The number of piperidine rings is 1. The molecule has 0 spiro atoms. The minimum Gasteiger partial charge on any atom is -0.311 e. The lowest BCUT2D eigenvalue weighted by atomic mass is 9.87. The normalized spacial score (nSPS) is 33.2. The van der Waals surface area contributed by atoms with Crippen LogP contribution in [0.25, 0.3) is 0 Å². The van der Waals surface area contributed by atoms with Crippen molar-refractivity contribution < 1.29 is 0 Å². The summed E-state index contributed by atoms with van der Waals surface area (Å²) in [7, 11) is 0. The molecule has 1 aliphatic heterocycles. The molecule has 1 aromatic carbocycles. The van der Waals surface area contributed by atoms with Crippen LogP contribution in [0.1, 0.15) is 55.2 Å². The lowest BCUT2D eigenvalue weighted by molar-refractivity contribution is 0.257. The molecule has 2 fully saturated rings. The second-order valence-corrected chi connectivity index (χ2v) is 6.90. The summed E-state index contributed by atoms with van der Waals surface area (Å²) in [6.07, 6.45) is 12.4. The van der Waals surface area contributed by atoms with Gasteiger partial charge in [0.1, 0.15) is 0 Å². The molecule has 3 unspecified atom stereocenters. The largest absolute Gasteiger partial charge is 0.311 e. The summed E-state index contributed by atoms with van der Waals surface area (Å²) < 4.78 is 0. The molecule has 2 aliphatic carbocycles. The van der Waals surface area contributed by atoms with Gasteiger partial charge >= 0.3 is 0 Å². The van der Waals surface area contributed by atoms with Gasteiger partial charge in [0.15, 0.2) is 0 Å². The van der Waals surface area contributed by atoms with E-state index in [1.54, 1.807) is 16.7 Å². The molecule has 0 amide bonds. The van der Waals surface area contributed by atoms with E-state index in [1.165, 1.54) is 57.8 Å². The molecule has 102 valence electrons. The topological polar surface area (TPSA) is 12.0 Å². The van der Waals surface area contributed by atoms with Crippen LogP contribution < -0.4 is 5.32 Å². The highest BCUT2D eigenvalue weighted by atomic mass is 15.0. The molecule has 19 heavy (non-hydrogen) atoms. The van der Waals surface area contributed by atoms with Gasteiger partial charge in [-0.25, -0.2) is 0 Å². The summed E-state index contributed by atoms with van der Waals surface area (Å²) >= 11 is 0. The summed E-state index contributed by atoms with van der Waals surface area (Å²) in [5, 5.41) is 3.93. The quantitative estimate of drug-likeness (QED) is 0.851. The predicted molar refractivity (Wildman–Crippen MR) is 79.5 cm³/mol. The highest BCUT2D eigenvalue weighted by Crippen LogP contribution is 2.34. The van der Waals surface area contributed by atoms with Crippen LogP contribution in [-0.2, 0) is 19.3 Å². The van der Waals surface area contributed by atoms with Crippen LogP contribution in [0.4, 0.5) is 0 Å². The Bertz CT molecular complexity index is 465. The molecular formula is C18H25N. The van der Waals surface area contributed by atoms with E-state index < -0.39 is 0 Å². The van der Waals surface area contributed by atoms with Crippen LogP contribution in [0.15, 0.2) is 18.2 Å². The highest BCUT2D eigenvalue weighted by molar-refractivity contribution is 5.35. The van der Waals surface area contributed by atoms with Crippen molar-refractivity contribution in [1.29, 1.82) is 0 Å². The Labute approximate surface area is 116 Å². The first-order valence-corrected chi connectivity index (χ1v) is 8.25. The number of rotatable bonds is 2. The van der Waals surface area contributed by atoms with Crippen LogP contribution in [-0.4, -0.2) is 12.1 Å². The van der Waals surface area contributed by atoms with Crippen LogP contribution >= 0.6 is 0 Å². The van der Waals surface area contributed by atoms with Crippen molar-refractivity contribution >= 4 is 0 Å². The minimum atomic E-state index is 0.735. The van der Waals surface area contributed by atoms with Crippen molar-refractivity contribution in [3.8, 4) is 0 Å². The average Bonchev–Trinajstić information content (AvgIpc) is 3.05. The Balaban J connectivity index is 1.44. The van der Waals surface area contributed by atoms with E-state index in [0.717, 1.165) is 18.0 Å². The molecule has 1 nitrogen and oxygen atoms in total. The monoisotopic (exact) mass is 255 g/mol. The fourth-order valence-corrected chi connectivity index (χ4v) is 4.60. The van der Waals surface area contributed by atoms with E-state index >= 15 is 0 Å². The van der Waals surface area contributed by atoms with Gasteiger partial charge in [-0.15, -0.1) is 0 Å². The summed E-state index contributed by atoms with van der Waals surface area (Å²) in [5.74, 6) is 0.997. The lowest BCUT2D eigenvalue weighted by Gasteiger charge is -2.33. The maximum Gasteiger partial charge on any atom is 0.0110 e. The van der Waals surface area contributed by atoms with Gasteiger partial charge in [-0.1, -0.05) is 24.6 Å². The van der Waals surface area contributed by atoms with Gasteiger partial charge in [-0.3, -0.25) is 0 Å². The van der Waals surface area contributed by atoms with Gasteiger partial charge in [0.25, 0.3) is 0 Å². The van der Waals surface area contributed by atoms with Gasteiger partial charge < -0.3 is 5.32 Å². The summed E-state index contributed by atoms with van der Waals surface area (Å²) in [5.41, 5.74) is 4.80. The van der Waals surface area contributed by atoms with E-state index in [-0.39, 0.29) is 0 Å². The van der Waals surface area contributed by atoms with Crippen molar-refractivity contribution in [1.82, 2.24) is 5.32 Å². The van der Waals surface area contributed by atoms with Crippen molar-refractivity contribution in [2.75, 3.05) is 0 Å². The number of aryl methyl sites for hydroxylation is 2. The zero-order valence-corrected chi connectivity index (χ0v) is 11.8. The average molecular weight is 255 g/mol. The maximum absolute atomic E-state index is 3.93. The molecule has 3 atom stereocenters. The number of fused-ring (bicyclic) bond motifs is 2. The van der Waals surface area contributed by atoms with E-state index in [9.17, 15) is 0 Å². The first kappa shape index (κ1) is 12.0. The molecule has 0 aromatic heterocycles. The smallest absolute Gasteiger partial charge is 0.0110 e. The molecule has 1 heteroatoms. The van der Waals surface area contributed by atoms with Gasteiger partial charge in [-0.2, -0.15) is 0 Å². The molecule has 0 bridgehead atoms. The number of nitrogens with one attached hydrogen (secondary N) is 1. The van der Waals surface area contributed by atoms with Crippen LogP contribution in [0.3, 0.4) is 0 Å². The summed E-state index contributed by atoms with van der Waals surface area (Å²) in [4.78, 5) is 0. The molecule has 1 N–H and O–H groups in total. The molecular weight excluding hydrogens is 230 g/mol. The SMILES string of the molecule is c1cc2c(cc1CC1CCC3CCCC3N1)CCC2. The molecule has 3 aliphatic rings. The second kappa shape index (κ2) is 4.94. The molecule has 1 aromatic rings. The summed E-state index contributed by atoms with van der Waals surface area (Å²) in [6, 6.07) is 8.84. The van der Waals surface area contributed by atoms with Crippen molar-refractivity contribution in [3.63, 3.8) is 0 Å². The first-order valence-electron chi connectivity index (χ1n) is 8.25. The van der Waals surface area contributed by atoms with E-state index in [1.807, 2.05) is 0 Å². The maximum atomic E-state index is 3.93.